The number of phenolic OH excluding ortho intramolecular Hbond substituents is 3. The molecule has 0 unspecified atom stereocenters. The number of benzene rings is 9. The van der Waals surface area contributed by atoms with Gasteiger partial charge in [0.25, 0.3) is 17.8 Å². The predicted octanol–water partition coefficient (Wildman–Crippen LogP) is 9.45. The molecule has 0 aliphatic rings. The largest absolute Gasteiger partial charge is 1.00 e. The monoisotopic (exact) mass is 2010 g/mol. The molecule has 34 nitrogen and oxygen atoms in total. The fourth-order valence-corrected chi connectivity index (χ4v) is 11.7. The van der Waals surface area contributed by atoms with E-state index in [0.29, 0.717) is 116 Å². The zero-order chi connectivity index (χ0) is 97.9. The second-order valence-corrected chi connectivity index (χ2v) is 27.7. The number of Topliss-reactive ketones (excluding diaryl/α,β-unsaturated/α-hetero) is 3. The van der Waals surface area contributed by atoms with Crippen LogP contribution in [0.1, 0.15) is 84.1 Å². The van der Waals surface area contributed by atoms with Gasteiger partial charge < -0.3 is 76.4 Å². The standard InChI is InChI=1S/C25H20FN3O3.C18H14FN3O3.C9H7F2NO3.C9H8FNO4.C9H8FNO.C6H2F3NO2.C6H10O3.C5H9BrO2.CH2O3.2K.Na.2H/c1-15-10-17-19(29-15)8-9-21(24(17)26)32-25-18-11-22(30-2)23(12-20(18)27-14-28-25)31-13-16-6-4-3-5-7-16;1-9-5-10-12(22-9)3-4-15(17(10)19)25-18-11-6-16(24-2)14(23)7-13(11)20-8-21-18;1-5(13)4-6-8(12(14)15)3-2-7(10)9(6)11;1-5(12)4-6-7(11(14)15)2-3-8(13)9(6)10;1-5-4-6-7(11-5)2-3-8(12)9(6)10;7-3-1-2-4(10(11)12)6(9)5(3)8;1-3-9-6(8)4-5(2)7;1-2-8-5(7)3-4-6;2-1-4-3;;;;;/h3-12,14,29H,13H2,1-2H3;3-8,22-23H,1-2H3;2-3H,4H2,1H3;2-3,13H,4H2,1H3;2-4,11-12H,1H3;1-2H;3-4H2,1-2H3;2-4H2,1H3;1,3H;;;;;/q;;;;;;;;;3*+1;2*-1/p-1. The van der Waals surface area contributed by atoms with E-state index < -0.39 is 126 Å². The number of rotatable bonds is 23. The zero-order valence-corrected chi connectivity index (χ0v) is 83.9. The Bertz CT molecular complexity index is 6440. The van der Waals surface area contributed by atoms with Gasteiger partial charge in [0.2, 0.25) is 23.4 Å². The smallest absolute Gasteiger partial charge is 1.00 e. The summed E-state index contributed by atoms with van der Waals surface area (Å²) >= 11 is 3.12. The van der Waals surface area contributed by atoms with Gasteiger partial charge in [-0.15, -0.1) is 0 Å². The number of H-pyrrole nitrogens is 3. The fourth-order valence-electron chi connectivity index (χ4n) is 11.4. The Kier molecular flexibility index (Phi) is 50.5. The van der Waals surface area contributed by atoms with Crippen LogP contribution in [0.4, 0.5) is 56.6 Å². The normalized spacial score (nSPS) is 10.0. The Morgan fingerprint density at radius 1 is 0.467 bits per heavy atom. The molecule has 0 bridgehead atoms. The zero-order valence-electron chi connectivity index (χ0n) is 76.1. The van der Waals surface area contributed by atoms with Crippen molar-refractivity contribution in [3.63, 3.8) is 0 Å². The number of nitrogens with zero attached hydrogens (tertiary/aromatic N) is 7. The minimum atomic E-state index is -1.83. The molecule has 14 rings (SSSR count). The van der Waals surface area contributed by atoms with Gasteiger partial charge >= 0.3 is 150 Å². The second kappa shape index (κ2) is 58.0. The molecule has 14 aromatic rings. The summed E-state index contributed by atoms with van der Waals surface area (Å²) in [5.41, 5.74) is 3.78. The molecular formula is C88H81BrF9K2N10NaO24. The number of fused-ring (bicyclic) bond motifs is 5. The molecular weight excluding hydrogens is 1930 g/mol. The minimum absolute atomic E-state index is 0. The van der Waals surface area contributed by atoms with E-state index in [1.807, 2.05) is 51.1 Å². The molecule has 0 saturated heterocycles. The third-order valence-electron chi connectivity index (χ3n) is 17.1. The maximum atomic E-state index is 15.0. The van der Waals surface area contributed by atoms with E-state index in [2.05, 4.69) is 65.2 Å². The average Bonchev–Trinajstić information content (AvgIpc) is 1.77. The van der Waals surface area contributed by atoms with E-state index in [-0.39, 0.29) is 206 Å². The number of halogens is 10. The maximum absolute atomic E-state index is 15.0. The Morgan fingerprint density at radius 3 is 1.31 bits per heavy atom. The van der Waals surface area contributed by atoms with Crippen molar-refractivity contribution in [1.29, 1.82) is 0 Å². The Hall–Kier alpha value is -11.6. The SMILES string of the molecule is CC(=O)Cc1c([N+](=O)[O-])ccc(F)c1F.CC(=O)Cc1c([N+](=O)[O-])ccc(O)c1F.CCOC(=O)CC(C)=O.CCOC(=O)CCBr.COc1cc2c(Oc3ccc4[nH]c(C)cc4c3F)ncnc2cc1O.COc1cc2c(Oc3ccc4[nH]c(C)cc4c3F)ncnc2cc1OCc1ccccc1.Cc1cc2c(F)c(O)ccc2[nH]1.O=CO[O-].O=[N+]([O-])c1ccc(F)c(F)c1F.[H-].[H-].[K+].[K+].[Na+]. The van der Waals surface area contributed by atoms with Gasteiger partial charge in [-0.2, -0.15) is 4.39 Å². The number of ketones is 3. The van der Waals surface area contributed by atoms with Crippen molar-refractivity contribution >= 4 is 123 Å². The van der Waals surface area contributed by atoms with Crippen LogP contribution < -0.4 is 161 Å². The van der Waals surface area contributed by atoms with Crippen molar-refractivity contribution in [2.24, 2.45) is 0 Å². The van der Waals surface area contributed by atoms with Crippen LogP contribution in [0.3, 0.4) is 0 Å². The van der Waals surface area contributed by atoms with Crippen molar-refractivity contribution in [3.8, 4) is 57.8 Å². The van der Waals surface area contributed by atoms with Crippen LogP contribution in [0.5, 0.6) is 57.8 Å². The van der Waals surface area contributed by atoms with Crippen LogP contribution in [0.15, 0.2) is 158 Å². The van der Waals surface area contributed by atoms with Gasteiger partial charge in [-0.05, 0) is 146 Å². The molecule has 135 heavy (non-hydrogen) atoms. The first-order valence-corrected chi connectivity index (χ1v) is 39.3. The molecule has 700 valence electrons. The third kappa shape index (κ3) is 34.9. The van der Waals surface area contributed by atoms with E-state index in [1.54, 1.807) is 87.7 Å². The number of esters is 2. The molecule has 47 heteroatoms. The summed E-state index contributed by atoms with van der Waals surface area (Å²) in [5, 5.41) is 70.4. The molecule has 0 spiro atoms. The summed E-state index contributed by atoms with van der Waals surface area (Å²) in [6.07, 6.45) is 2.14. The number of ether oxygens (including phenoxy) is 7. The molecule has 0 atom stereocenters. The van der Waals surface area contributed by atoms with Gasteiger partial charge in [-0.3, -0.25) is 59.1 Å². The number of hydrogen-bond acceptors (Lipinski definition) is 28. The Labute approximate surface area is 878 Å². The van der Waals surface area contributed by atoms with Gasteiger partial charge in [0, 0.05) is 98.3 Å². The van der Waals surface area contributed by atoms with Crippen LogP contribution in [0.25, 0.3) is 54.5 Å². The topological polar surface area (TPSA) is 488 Å². The number of aromatic nitrogens is 7. The Balaban J connectivity index is 0.000000807. The van der Waals surface area contributed by atoms with E-state index in [9.17, 15) is 94.5 Å². The quantitative estimate of drug-likeness (QED) is 0.00331. The van der Waals surface area contributed by atoms with Gasteiger partial charge in [0.15, 0.2) is 86.7 Å². The molecule has 0 aliphatic carbocycles. The van der Waals surface area contributed by atoms with Gasteiger partial charge in [0.05, 0.1) is 81.6 Å². The number of phenols is 3. The molecule has 5 heterocycles. The number of methoxy groups -OCH3 is 2. The number of alkyl halides is 1. The third-order valence-corrected chi connectivity index (χ3v) is 17.5. The van der Waals surface area contributed by atoms with Crippen LogP contribution in [-0.4, -0.2) is 134 Å². The van der Waals surface area contributed by atoms with E-state index in [0.717, 1.165) is 47.8 Å². The summed E-state index contributed by atoms with van der Waals surface area (Å²) in [6, 6.07) is 35.5. The number of carbonyl (C=O) groups excluding carboxylic acids is 6. The summed E-state index contributed by atoms with van der Waals surface area (Å²) < 4.78 is 156. The first-order chi connectivity index (χ1) is 62.6. The number of aryl methyl sites for hydroxylation is 3. The predicted molar refractivity (Wildman–Crippen MR) is 461 cm³/mol. The molecule has 0 saturated carbocycles. The number of nitrogens with one attached hydrogen (secondary N) is 3. The molecule has 0 radical (unpaired) electrons. The molecule has 6 N–H and O–H groups in total. The molecule has 0 amide bonds. The van der Waals surface area contributed by atoms with Gasteiger partial charge in [-0.25, -0.2) is 55.1 Å². The molecule has 9 aromatic carbocycles. The van der Waals surface area contributed by atoms with Crippen molar-refractivity contribution in [2.45, 2.75) is 87.7 Å². The second-order valence-electron chi connectivity index (χ2n) is 26.9. The van der Waals surface area contributed by atoms with Crippen LogP contribution in [0, 0.1) is 103 Å². The summed E-state index contributed by atoms with van der Waals surface area (Å²) in [4.78, 5) is 118. The van der Waals surface area contributed by atoms with Crippen LogP contribution in [-0.2, 0) is 62.6 Å². The number of aromatic amines is 3. The number of carbonyl (C=O) groups is 6. The molecule has 0 aliphatic heterocycles. The summed E-state index contributed by atoms with van der Waals surface area (Å²) in [6.45, 7) is 13.8. The van der Waals surface area contributed by atoms with Crippen LogP contribution in [0.2, 0.25) is 0 Å². The number of nitro groups is 3. The van der Waals surface area contributed by atoms with Crippen molar-refractivity contribution < 1.29 is 277 Å². The first kappa shape index (κ1) is 118. The van der Waals surface area contributed by atoms with Crippen molar-refractivity contribution in [1.82, 2.24) is 34.9 Å². The molecule has 5 aromatic heterocycles. The van der Waals surface area contributed by atoms with Gasteiger partial charge in [0.1, 0.15) is 43.0 Å². The van der Waals surface area contributed by atoms with Crippen LogP contribution >= 0.6 is 15.9 Å². The van der Waals surface area contributed by atoms with E-state index in [4.69, 9.17) is 43.9 Å². The minimum Gasteiger partial charge on any atom is -1.00 e. The Morgan fingerprint density at radius 2 is 0.874 bits per heavy atom. The van der Waals surface area contributed by atoms with Gasteiger partial charge in [-0.1, -0.05) is 46.3 Å². The fraction of sp³-hybridized carbons (Fsp3) is 0.205. The molecule has 0 fully saturated rings. The van der Waals surface area contributed by atoms with Crippen molar-refractivity contribution in [2.75, 3.05) is 32.8 Å². The maximum Gasteiger partial charge on any atom is 1.00 e. The first-order valence-electron chi connectivity index (χ1n) is 38.2. The van der Waals surface area contributed by atoms with E-state index >= 15 is 4.39 Å². The number of hydrogen-bond donors (Lipinski definition) is 6. The summed E-state index contributed by atoms with van der Waals surface area (Å²) in [7, 11) is 3.00. The van der Waals surface area contributed by atoms with Crippen molar-refractivity contribution in [3.05, 3.63) is 275 Å². The average molecular weight is 2010 g/mol. The number of aromatic hydroxyl groups is 3. The number of nitro benzene ring substituents is 3. The van der Waals surface area contributed by atoms with E-state index in [1.165, 1.54) is 45.7 Å². The summed E-state index contributed by atoms with van der Waals surface area (Å²) in [5.74, 6) is -11.0.